The highest BCUT2D eigenvalue weighted by Gasteiger charge is 2.14. The van der Waals surface area contributed by atoms with E-state index < -0.39 is 4.92 Å². The van der Waals surface area contributed by atoms with E-state index >= 15 is 0 Å². The number of benzene rings is 1. The van der Waals surface area contributed by atoms with Crippen LogP contribution in [0, 0.1) is 10.1 Å². The zero-order valence-corrected chi connectivity index (χ0v) is 9.70. The predicted octanol–water partition coefficient (Wildman–Crippen LogP) is 2.40. The monoisotopic (exact) mass is 243 g/mol. The molecule has 0 aliphatic rings. The molecule has 88 valence electrons. The molecule has 5 nitrogen and oxygen atoms in total. The van der Waals surface area contributed by atoms with Crippen molar-refractivity contribution in [2.45, 2.75) is 19.4 Å². The topological polar surface area (TPSA) is 81.2 Å². The fraction of sp³-hybridized carbons (Fsp3) is 0.400. The summed E-state index contributed by atoms with van der Waals surface area (Å²) in [5, 5.41) is 14.1. The van der Waals surface area contributed by atoms with Crippen LogP contribution in [0.3, 0.4) is 0 Å². The molecule has 0 radical (unpaired) electrons. The van der Waals surface area contributed by atoms with Gasteiger partial charge in [0.1, 0.15) is 5.69 Å². The summed E-state index contributed by atoms with van der Waals surface area (Å²) >= 11 is 5.69. The summed E-state index contributed by atoms with van der Waals surface area (Å²) in [5.74, 6) is 0. The molecule has 16 heavy (non-hydrogen) atoms. The largest absolute Gasteiger partial charge is 0.378 e. The summed E-state index contributed by atoms with van der Waals surface area (Å²) in [6.45, 7) is 2.46. The number of nitrogens with zero attached hydrogens (tertiary/aromatic N) is 1. The molecule has 0 aliphatic heterocycles. The molecule has 3 N–H and O–H groups in total. The molecule has 0 bridgehead atoms. The van der Waals surface area contributed by atoms with Crippen molar-refractivity contribution in [3.8, 4) is 0 Å². The number of rotatable bonds is 5. The second-order valence-electron chi connectivity index (χ2n) is 3.47. The molecule has 1 rings (SSSR count). The molecule has 6 heteroatoms. The third-order valence-electron chi connectivity index (χ3n) is 2.24. The van der Waals surface area contributed by atoms with Crippen molar-refractivity contribution in [3.63, 3.8) is 0 Å². The second-order valence-corrected chi connectivity index (χ2v) is 3.90. The molecule has 0 saturated heterocycles. The molecule has 0 amide bonds. The Morgan fingerprint density at radius 1 is 1.62 bits per heavy atom. The van der Waals surface area contributed by atoms with Crippen molar-refractivity contribution in [1.82, 2.24) is 0 Å². The quantitative estimate of drug-likeness (QED) is 0.615. The Hall–Kier alpha value is -1.33. The van der Waals surface area contributed by atoms with E-state index in [1.807, 2.05) is 6.92 Å². The fourth-order valence-electron chi connectivity index (χ4n) is 1.19. The van der Waals surface area contributed by atoms with Crippen molar-refractivity contribution in [3.05, 3.63) is 33.3 Å². The van der Waals surface area contributed by atoms with Crippen molar-refractivity contribution >= 4 is 23.0 Å². The van der Waals surface area contributed by atoms with Gasteiger partial charge in [-0.15, -0.1) is 0 Å². The van der Waals surface area contributed by atoms with Crippen LogP contribution in [0.4, 0.5) is 11.4 Å². The molecule has 0 spiro atoms. The van der Waals surface area contributed by atoms with Crippen LogP contribution in [-0.4, -0.2) is 17.5 Å². The molecule has 1 aromatic carbocycles. The first-order chi connectivity index (χ1) is 7.54. The van der Waals surface area contributed by atoms with Gasteiger partial charge in [0.15, 0.2) is 0 Å². The van der Waals surface area contributed by atoms with E-state index in [2.05, 4.69) is 5.32 Å². The minimum Gasteiger partial charge on any atom is -0.378 e. The number of halogens is 1. The number of hydrogen-bond donors (Lipinski definition) is 2. The lowest BCUT2D eigenvalue weighted by Gasteiger charge is -2.11. The zero-order chi connectivity index (χ0) is 12.1. The minimum atomic E-state index is -0.467. The summed E-state index contributed by atoms with van der Waals surface area (Å²) in [5.41, 5.74) is 6.13. The van der Waals surface area contributed by atoms with Crippen LogP contribution >= 0.6 is 11.6 Å². The highest BCUT2D eigenvalue weighted by molar-refractivity contribution is 6.30. The Bertz CT molecular complexity index is 384. The third-order valence-corrected chi connectivity index (χ3v) is 2.47. The fourth-order valence-corrected chi connectivity index (χ4v) is 1.36. The normalized spacial score (nSPS) is 12.2. The van der Waals surface area contributed by atoms with E-state index in [1.54, 1.807) is 12.1 Å². The van der Waals surface area contributed by atoms with Gasteiger partial charge in [0.2, 0.25) is 0 Å². The van der Waals surface area contributed by atoms with Gasteiger partial charge in [-0.3, -0.25) is 10.1 Å². The third kappa shape index (κ3) is 3.36. The van der Waals surface area contributed by atoms with E-state index in [-0.39, 0.29) is 11.7 Å². The number of nitrogens with two attached hydrogens (primary N) is 1. The number of nitrogens with one attached hydrogen (secondary N) is 1. The molecule has 1 atom stereocenters. The smallest absolute Gasteiger partial charge is 0.293 e. The Labute approximate surface area is 98.7 Å². The molecule has 0 heterocycles. The average molecular weight is 244 g/mol. The Morgan fingerprint density at radius 2 is 2.31 bits per heavy atom. The van der Waals surface area contributed by atoms with Crippen LogP contribution in [0.2, 0.25) is 5.02 Å². The van der Waals surface area contributed by atoms with E-state index in [9.17, 15) is 10.1 Å². The van der Waals surface area contributed by atoms with Gasteiger partial charge in [0.05, 0.1) is 4.92 Å². The SMILES string of the molecule is CCC(N)CNc1ccc(Cl)cc1[N+](=O)[O-]. The van der Waals surface area contributed by atoms with Gasteiger partial charge in [0, 0.05) is 23.7 Å². The van der Waals surface area contributed by atoms with E-state index in [0.717, 1.165) is 6.42 Å². The highest BCUT2D eigenvalue weighted by atomic mass is 35.5. The summed E-state index contributed by atoms with van der Waals surface area (Å²) < 4.78 is 0. The molecule has 0 aromatic heterocycles. The average Bonchev–Trinajstić information content (AvgIpc) is 2.26. The molecule has 0 fully saturated rings. The molecule has 0 aliphatic carbocycles. The van der Waals surface area contributed by atoms with Crippen molar-refractivity contribution in [2.24, 2.45) is 5.73 Å². The molecule has 1 aromatic rings. The predicted molar refractivity (Wildman–Crippen MR) is 64.9 cm³/mol. The van der Waals surface area contributed by atoms with Crippen molar-refractivity contribution < 1.29 is 4.92 Å². The summed E-state index contributed by atoms with van der Waals surface area (Å²) in [7, 11) is 0. The van der Waals surface area contributed by atoms with E-state index in [0.29, 0.717) is 17.3 Å². The molecular weight excluding hydrogens is 230 g/mol. The molecule has 1 unspecified atom stereocenters. The Kier molecular flexibility index (Phi) is 4.52. The minimum absolute atomic E-state index is 0.0183. The lowest BCUT2D eigenvalue weighted by atomic mass is 10.2. The van der Waals surface area contributed by atoms with Gasteiger partial charge in [0.25, 0.3) is 5.69 Å². The molecular formula is C10H14ClN3O2. The van der Waals surface area contributed by atoms with Crippen molar-refractivity contribution in [1.29, 1.82) is 0 Å². The van der Waals surface area contributed by atoms with Crippen LogP contribution in [0.1, 0.15) is 13.3 Å². The first kappa shape index (κ1) is 12.7. The van der Waals surface area contributed by atoms with Gasteiger partial charge < -0.3 is 11.1 Å². The number of anilines is 1. The lowest BCUT2D eigenvalue weighted by Crippen LogP contribution is -2.28. The van der Waals surface area contributed by atoms with Crippen LogP contribution in [0.15, 0.2) is 18.2 Å². The lowest BCUT2D eigenvalue weighted by molar-refractivity contribution is -0.383. The zero-order valence-electron chi connectivity index (χ0n) is 8.94. The van der Waals surface area contributed by atoms with Gasteiger partial charge in [-0.1, -0.05) is 18.5 Å². The van der Waals surface area contributed by atoms with E-state index in [1.165, 1.54) is 6.07 Å². The second kappa shape index (κ2) is 5.67. The number of hydrogen-bond acceptors (Lipinski definition) is 4. The van der Waals surface area contributed by atoms with Crippen LogP contribution < -0.4 is 11.1 Å². The number of nitro benzene ring substituents is 1. The van der Waals surface area contributed by atoms with Crippen LogP contribution in [0.25, 0.3) is 0 Å². The standard InChI is InChI=1S/C10H14ClN3O2/c1-2-8(12)6-13-9-4-3-7(11)5-10(9)14(15)16/h3-5,8,13H,2,6,12H2,1H3. The maximum absolute atomic E-state index is 10.8. The maximum atomic E-state index is 10.8. The van der Waals surface area contributed by atoms with Gasteiger partial charge >= 0.3 is 0 Å². The van der Waals surface area contributed by atoms with Gasteiger partial charge in [-0.25, -0.2) is 0 Å². The Balaban J connectivity index is 2.82. The van der Waals surface area contributed by atoms with Crippen molar-refractivity contribution in [2.75, 3.05) is 11.9 Å². The van der Waals surface area contributed by atoms with Gasteiger partial charge in [-0.2, -0.15) is 0 Å². The van der Waals surface area contributed by atoms with E-state index in [4.69, 9.17) is 17.3 Å². The Morgan fingerprint density at radius 3 is 2.88 bits per heavy atom. The first-order valence-electron chi connectivity index (χ1n) is 4.98. The van der Waals surface area contributed by atoms with Gasteiger partial charge in [-0.05, 0) is 18.6 Å². The first-order valence-corrected chi connectivity index (χ1v) is 5.35. The summed E-state index contributed by atoms with van der Waals surface area (Å²) in [4.78, 5) is 10.3. The maximum Gasteiger partial charge on any atom is 0.293 e. The summed E-state index contributed by atoms with van der Waals surface area (Å²) in [6.07, 6.45) is 0.814. The number of nitro groups is 1. The van der Waals surface area contributed by atoms with Crippen LogP contribution in [0.5, 0.6) is 0 Å². The summed E-state index contributed by atoms with van der Waals surface area (Å²) in [6, 6.07) is 4.49. The van der Waals surface area contributed by atoms with Crippen LogP contribution in [-0.2, 0) is 0 Å². The highest BCUT2D eigenvalue weighted by Crippen LogP contribution is 2.27. The molecule has 0 saturated carbocycles.